The summed E-state index contributed by atoms with van der Waals surface area (Å²) in [7, 11) is 0. The third-order valence-corrected chi connectivity index (χ3v) is 6.11. The third-order valence-electron chi connectivity index (χ3n) is 6.11. The van der Waals surface area contributed by atoms with Crippen molar-refractivity contribution in [3.8, 4) is 12.3 Å². The van der Waals surface area contributed by atoms with Crippen molar-refractivity contribution in [2.45, 2.75) is 39.5 Å². The summed E-state index contributed by atoms with van der Waals surface area (Å²) in [5, 5.41) is 0. The molecule has 0 aliphatic rings. The van der Waals surface area contributed by atoms with Gasteiger partial charge in [0.2, 0.25) is 0 Å². The second-order valence-corrected chi connectivity index (χ2v) is 9.80. The van der Waals surface area contributed by atoms with Crippen molar-refractivity contribution in [2.75, 3.05) is 152 Å². The number of carbonyl (C=O) groups excluding carboxylic acids is 1. The molecule has 0 spiro atoms. The van der Waals surface area contributed by atoms with Crippen LogP contribution in [-0.2, 0) is 61.6 Å². The molecule has 0 saturated heterocycles. The number of rotatable bonds is 39. The highest BCUT2D eigenvalue weighted by atomic mass is 16.6. The average molecular weight is 667 g/mol. The van der Waals surface area contributed by atoms with E-state index in [1.165, 1.54) is 0 Å². The standard InChI is InChI=1S/C33H62O13/c1-4-7-8-32(6-3)33(34)46-31-30-45-29-28-44-27-26-43-25-24-42-23-22-41-21-20-40-19-18-39-17-16-38-15-14-37-13-12-36-11-10-35-9-5-2/h2,32H,4,6-31H2,1,3H3. The Hall–Kier alpha value is -1.41. The average Bonchev–Trinajstić information content (AvgIpc) is 3.06. The van der Waals surface area contributed by atoms with Gasteiger partial charge in [0.1, 0.15) is 13.2 Å². The van der Waals surface area contributed by atoms with Crippen molar-refractivity contribution in [2.24, 2.45) is 5.92 Å². The van der Waals surface area contributed by atoms with Gasteiger partial charge in [-0.2, -0.15) is 0 Å². The molecule has 1 atom stereocenters. The summed E-state index contributed by atoms with van der Waals surface area (Å²) in [5.74, 6) is 2.27. The summed E-state index contributed by atoms with van der Waals surface area (Å²) in [6.07, 6.45) is 8.91. The van der Waals surface area contributed by atoms with Crippen LogP contribution in [-0.4, -0.2) is 158 Å². The van der Waals surface area contributed by atoms with Crippen LogP contribution in [0.3, 0.4) is 0 Å². The Balaban J connectivity index is 3.14. The maximum absolute atomic E-state index is 12.0. The molecule has 0 aliphatic carbocycles. The predicted octanol–water partition coefficient (Wildman–Crippen LogP) is 2.56. The van der Waals surface area contributed by atoms with Gasteiger partial charge in [0.25, 0.3) is 0 Å². The lowest BCUT2D eigenvalue weighted by molar-refractivity contribution is -0.150. The van der Waals surface area contributed by atoms with Crippen molar-refractivity contribution in [3.05, 3.63) is 0 Å². The first-order valence-electron chi connectivity index (χ1n) is 16.7. The Labute approximate surface area is 277 Å². The molecule has 46 heavy (non-hydrogen) atoms. The summed E-state index contributed by atoms with van der Waals surface area (Å²) in [5.41, 5.74) is 0. The van der Waals surface area contributed by atoms with E-state index in [0.717, 1.165) is 25.7 Å². The lowest BCUT2D eigenvalue weighted by atomic mass is 10.00. The van der Waals surface area contributed by atoms with E-state index in [0.29, 0.717) is 145 Å². The molecular formula is C33H62O13. The van der Waals surface area contributed by atoms with Gasteiger partial charge in [-0.1, -0.05) is 32.6 Å². The number of terminal acetylenes is 1. The predicted molar refractivity (Wildman–Crippen MR) is 172 cm³/mol. The van der Waals surface area contributed by atoms with Crippen LogP contribution in [0.2, 0.25) is 0 Å². The zero-order valence-electron chi connectivity index (χ0n) is 28.6. The summed E-state index contributed by atoms with van der Waals surface area (Å²) < 4.78 is 64.8. The first-order chi connectivity index (χ1) is 22.8. The maximum atomic E-state index is 12.0. The van der Waals surface area contributed by atoms with Gasteiger partial charge in [0.15, 0.2) is 0 Å². The molecule has 0 rings (SSSR count). The molecule has 0 aromatic carbocycles. The molecule has 0 aromatic rings. The first kappa shape index (κ1) is 44.6. The van der Waals surface area contributed by atoms with E-state index >= 15 is 0 Å². The van der Waals surface area contributed by atoms with E-state index in [-0.39, 0.29) is 18.5 Å². The third kappa shape index (κ3) is 35.4. The fourth-order valence-corrected chi connectivity index (χ4v) is 3.59. The fraction of sp³-hybridized carbons (Fsp3) is 0.909. The van der Waals surface area contributed by atoms with Crippen molar-refractivity contribution < 1.29 is 61.6 Å². The highest BCUT2D eigenvalue weighted by Crippen LogP contribution is 2.14. The molecule has 1 unspecified atom stereocenters. The van der Waals surface area contributed by atoms with Gasteiger partial charge in [-0.25, -0.2) is 0 Å². The van der Waals surface area contributed by atoms with Gasteiger partial charge in [-0.15, -0.1) is 6.42 Å². The molecular weight excluding hydrogens is 604 g/mol. The maximum Gasteiger partial charge on any atom is 0.308 e. The van der Waals surface area contributed by atoms with E-state index in [9.17, 15) is 4.79 Å². The molecule has 272 valence electrons. The molecule has 0 aromatic heterocycles. The summed E-state index contributed by atoms with van der Waals surface area (Å²) in [6, 6.07) is 0. The first-order valence-corrected chi connectivity index (χ1v) is 16.7. The van der Waals surface area contributed by atoms with Crippen LogP contribution in [0.25, 0.3) is 0 Å². The Bertz CT molecular complexity index is 648. The zero-order valence-corrected chi connectivity index (χ0v) is 28.6. The topological polar surface area (TPSA) is 128 Å². The van der Waals surface area contributed by atoms with E-state index in [1.54, 1.807) is 0 Å². The van der Waals surface area contributed by atoms with Crippen LogP contribution in [0, 0.1) is 18.3 Å². The Morgan fingerprint density at radius 3 is 1.02 bits per heavy atom. The summed E-state index contributed by atoms with van der Waals surface area (Å²) >= 11 is 0. The summed E-state index contributed by atoms with van der Waals surface area (Å²) in [4.78, 5) is 12.0. The van der Waals surface area contributed by atoms with Gasteiger partial charge < -0.3 is 56.8 Å². The number of hydrogen-bond acceptors (Lipinski definition) is 13. The van der Waals surface area contributed by atoms with Crippen molar-refractivity contribution in [1.29, 1.82) is 0 Å². The highest BCUT2D eigenvalue weighted by molar-refractivity contribution is 5.72. The lowest BCUT2D eigenvalue weighted by Gasteiger charge is -2.13. The zero-order chi connectivity index (χ0) is 33.4. The molecule has 0 saturated carbocycles. The van der Waals surface area contributed by atoms with Crippen molar-refractivity contribution >= 4 is 5.97 Å². The van der Waals surface area contributed by atoms with Crippen molar-refractivity contribution in [3.63, 3.8) is 0 Å². The fourth-order valence-electron chi connectivity index (χ4n) is 3.59. The molecule has 13 nitrogen and oxygen atoms in total. The minimum atomic E-state index is -0.121. The molecule has 0 N–H and O–H groups in total. The molecule has 0 heterocycles. The van der Waals surface area contributed by atoms with E-state index in [1.807, 2.05) is 6.92 Å². The molecule has 0 radical (unpaired) electrons. The smallest absolute Gasteiger partial charge is 0.308 e. The van der Waals surface area contributed by atoms with Gasteiger partial charge in [-0.05, 0) is 12.8 Å². The van der Waals surface area contributed by atoms with Crippen LogP contribution < -0.4 is 0 Å². The lowest BCUT2D eigenvalue weighted by Crippen LogP contribution is -2.20. The van der Waals surface area contributed by atoms with Gasteiger partial charge in [0, 0.05) is 0 Å². The largest absolute Gasteiger partial charge is 0.463 e. The number of carbonyl (C=O) groups is 1. The van der Waals surface area contributed by atoms with Gasteiger partial charge in [0.05, 0.1) is 145 Å². The normalized spacial score (nSPS) is 11.9. The number of unbranched alkanes of at least 4 members (excludes halogenated alkanes) is 1. The number of ether oxygens (including phenoxy) is 12. The Kier molecular flexibility index (Phi) is 38.5. The number of esters is 1. The van der Waals surface area contributed by atoms with E-state index < -0.39 is 0 Å². The molecule has 0 aliphatic heterocycles. The van der Waals surface area contributed by atoms with Crippen LogP contribution in [0.1, 0.15) is 39.5 Å². The van der Waals surface area contributed by atoms with Gasteiger partial charge >= 0.3 is 5.97 Å². The molecule has 0 bridgehead atoms. The Morgan fingerprint density at radius 2 is 0.761 bits per heavy atom. The van der Waals surface area contributed by atoms with Crippen LogP contribution in [0.15, 0.2) is 0 Å². The van der Waals surface area contributed by atoms with Crippen LogP contribution >= 0.6 is 0 Å². The Morgan fingerprint density at radius 1 is 0.478 bits per heavy atom. The van der Waals surface area contributed by atoms with Crippen molar-refractivity contribution in [1.82, 2.24) is 0 Å². The highest BCUT2D eigenvalue weighted by Gasteiger charge is 2.16. The minimum absolute atomic E-state index is 0.00435. The summed E-state index contributed by atoms with van der Waals surface area (Å²) in [6.45, 7) is 15.0. The van der Waals surface area contributed by atoms with E-state index in [4.69, 9.17) is 63.3 Å². The monoisotopic (exact) mass is 666 g/mol. The molecule has 0 amide bonds. The molecule has 0 fully saturated rings. The quantitative estimate of drug-likeness (QED) is 0.0542. The minimum Gasteiger partial charge on any atom is -0.463 e. The second-order valence-electron chi connectivity index (χ2n) is 9.80. The van der Waals surface area contributed by atoms with Gasteiger partial charge in [-0.3, -0.25) is 4.79 Å². The van der Waals surface area contributed by atoms with Crippen LogP contribution in [0.5, 0.6) is 0 Å². The SMILES string of the molecule is C#CCOCCOCCOCCOCCOCCOCCOCCOCCOCCOCCOCCOC(=O)C(CC)CCCC. The molecule has 13 heteroatoms. The number of hydrogen-bond donors (Lipinski definition) is 0. The van der Waals surface area contributed by atoms with Crippen LogP contribution in [0.4, 0.5) is 0 Å². The van der Waals surface area contributed by atoms with E-state index in [2.05, 4.69) is 12.8 Å². The second kappa shape index (κ2) is 39.8.